The largest absolute Gasteiger partial charge is 0.478 e. The standard InChI is InChI=1S/C15H20N2O3S/c1-10-2-3-13(12(8-10)14(18)19)17-15(20)16-9-11-4-6-21-7-5-11/h2-3,8,11H,4-7,9H2,1H3,(H,18,19)(H2,16,17,20). The fourth-order valence-electron chi connectivity index (χ4n) is 2.30. The highest BCUT2D eigenvalue weighted by Crippen LogP contribution is 2.22. The average molecular weight is 308 g/mol. The summed E-state index contributed by atoms with van der Waals surface area (Å²) in [5, 5.41) is 14.6. The highest BCUT2D eigenvalue weighted by Gasteiger charge is 2.16. The first-order valence-electron chi connectivity index (χ1n) is 7.03. The Kier molecular flexibility index (Phi) is 5.50. The van der Waals surface area contributed by atoms with Crippen molar-refractivity contribution in [1.82, 2.24) is 5.32 Å². The summed E-state index contributed by atoms with van der Waals surface area (Å²) >= 11 is 1.95. The van der Waals surface area contributed by atoms with E-state index in [1.54, 1.807) is 18.2 Å². The molecule has 1 fully saturated rings. The number of benzene rings is 1. The van der Waals surface area contributed by atoms with E-state index < -0.39 is 5.97 Å². The highest BCUT2D eigenvalue weighted by molar-refractivity contribution is 7.99. The fraction of sp³-hybridized carbons (Fsp3) is 0.467. The number of hydrogen-bond acceptors (Lipinski definition) is 3. The zero-order chi connectivity index (χ0) is 15.2. The summed E-state index contributed by atoms with van der Waals surface area (Å²) in [6.45, 7) is 2.46. The van der Waals surface area contributed by atoms with Gasteiger partial charge in [-0.2, -0.15) is 11.8 Å². The van der Waals surface area contributed by atoms with E-state index in [0.717, 1.165) is 29.9 Å². The van der Waals surface area contributed by atoms with Gasteiger partial charge in [0.1, 0.15) is 0 Å². The van der Waals surface area contributed by atoms with Crippen LogP contribution in [0.5, 0.6) is 0 Å². The minimum Gasteiger partial charge on any atom is -0.478 e. The lowest BCUT2D eigenvalue weighted by Gasteiger charge is -2.21. The van der Waals surface area contributed by atoms with Gasteiger partial charge in [-0.25, -0.2) is 9.59 Å². The molecule has 21 heavy (non-hydrogen) atoms. The minimum atomic E-state index is -1.04. The summed E-state index contributed by atoms with van der Waals surface area (Å²) in [5.41, 5.74) is 1.28. The van der Waals surface area contributed by atoms with Crippen molar-refractivity contribution in [2.24, 2.45) is 5.92 Å². The zero-order valence-electron chi connectivity index (χ0n) is 12.0. The molecule has 1 aliphatic rings. The van der Waals surface area contributed by atoms with Gasteiger partial charge in [0, 0.05) is 6.54 Å². The van der Waals surface area contributed by atoms with Crippen molar-refractivity contribution in [2.45, 2.75) is 19.8 Å². The molecule has 114 valence electrons. The molecule has 2 amide bonds. The van der Waals surface area contributed by atoms with Crippen LogP contribution in [-0.4, -0.2) is 35.2 Å². The lowest BCUT2D eigenvalue weighted by Crippen LogP contribution is -2.34. The molecule has 6 heteroatoms. The monoisotopic (exact) mass is 308 g/mol. The summed E-state index contributed by atoms with van der Waals surface area (Å²) in [7, 11) is 0. The van der Waals surface area contributed by atoms with E-state index >= 15 is 0 Å². The number of anilines is 1. The quantitative estimate of drug-likeness (QED) is 0.799. The molecular weight excluding hydrogens is 288 g/mol. The highest BCUT2D eigenvalue weighted by atomic mass is 32.2. The van der Waals surface area contributed by atoms with Crippen molar-refractivity contribution in [3.63, 3.8) is 0 Å². The smallest absolute Gasteiger partial charge is 0.337 e. The minimum absolute atomic E-state index is 0.110. The van der Waals surface area contributed by atoms with E-state index in [1.165, 1.54) is 0 Å². The van der Waals surface area contributed by atoms with E-state index in [-0.39, 0.29) is 11.6 Å². The van der Waals surface area contributed by atoms with E-state index in [1.807, 2.05) is 18.7 Å². The van der Waals surface area contributed by atoms with Crippen LogP contribution in [0.15, 0.2) is 18.2 Å². The predicted octanol–water partition coefficient (Wildman–Crippen LogP) is 2.96. The predicted molar refractivity (Wildman–Crippen MR) is 85.2 cm³/mol. The molecule has 5 nitrogen and oxygen atoms in total. The Bertz CT molecular complexity index is 528. The molecule has 1 saturated heterocycles. The Morgan fingerprint density at radius 1 is 1.33 bits per heavy atom. The molecule has 0 spiro atoms. The Balaban J connectivity index is 1.91. The molecule has 1 aromatic rings. The molecule has 0 saturated carbocycles. The number of aromatic carboxylic acids is 1. The molecule has 0 bridgehead atoms. The fourth-order valence-corrected chi connectivity index (χ4v) is 3.50. The SMILES string of the molecule is Cc1ccc(NC(=O)NCC2CCSCC2)c(C(=O)O)c1. The number of thioether (sulfide) groups is 1. The van der Waals surface area contributed by atoms with Crippen LogP contribution < -0.4 is 10.6 Å². The van der Waals surface area contributed by atoms with Gasteiger partial charge in [0.25, 0.3) is 0 Å². The molecule has 1 aromatic carbocycles. The van der Waals surface area contributed by atoms with Crippen molar-refractivity contribution in [2.75, 3.05) is 23.4 Å². The first kappa shape index (κ1) is 15.7. The molecule has 1 aliphatic heterocycles. The Morgan fingerprint density at radius 3 is 2.71 bits per heavy atom. The van der Waals surface area contributed by atoms with Crippen molar-refractivity contribution < 1.29 is 14.7 Å². The number of carboxylic acids is 1. The maximum atomic E-state index is 11.9. The number of carbonyl (C=O) groups is 2. The molecule has 0 aliphatic carbocycles. The third-order valence-electron chi connectivity index (χ3n) is 3.55. The van der Waals surface area contributed by atoms with Crippen molar-refractivity contribution >= 4 is 29.4 Å². The van der Waals surface area contributed by atoms with Gasteiger partial charge in [-0.3, -0.25) is 0 Å². The van der Waals surface area contributed by atoms with E-state index in [4.69, 9.17) is 5.11 Å². The van der Waals surface area contributed by atoms with Gasteiger partial charge in [-0.15, -0.1) is 0 Å². The summed E-state index contributed by atoms with van der Waals surface area (Å²) < 4.78 is 0. The Morgan fingerprint density at radius 2 is 2.05 bits per heavy atom. The normalized spacial score (nSPS) is 15.5. The topological polar surface area (TPSA) is 78.4 Å². The maximum absolute atomic E-state index is 11.9. The van der Waals surface area contributed by atoms with Crippen molar-refractivity contribution in [3.05, 3.63) is 29.3 Å². The molecule has 3 N–H and O–H groups in total. The number of amides is 2. The number of aryl methyl sites for hydroxylation is 1. The van der Waals surface area contributed by atoms with E-state index in [9.17, 15) is 9.59 Å². The number of hydrogen-bond donors (Lipinski definition) is 3. The van der Waals surface area contributed by atoms with Crippen LogP contribution in [0.4, 0.5) is 10.5 Å². The number of nitrogens with one attached hydrogen (secondary N) is 2. The van der Waals surface area contributed by atoms with Gasteiger partial charge in [0.2, 0.25) is 0 Å². The van der Waals surface area contributed by atoms with Crippen LogP contribution in [0.3, 0.4) is 0 Å². The molecular formula is C15H20N2O3S. The van der Waals surface area contributed by atoms with Crippen LogP contribution in [-0.2, 0) is 0 Å². The Hall–Kier alpha value is -1.69. The van der Waals surface area contributed by atoms with Crippen LogP contribution >= 0.6 is 11.8 Å². The number of carboxylic acid groups (broad SMARTS) is 1. The zero-order valence-corrected chi connectivity index (χ0v) is 12.8. The van der Waals surface area contributed by atoms with Crippen molar-refractivity contribution in [3.8, 4) is 0 Å². The molecule has 0 unspecified atom stereocenters. The van der Waals surface area contributed by atoms with Crippen molar-refractivity contribution in [1.29, 1.82) is 0 Å². The number of rotatable bonds is 4. The summed E-state index contributed by atoms with van der Waals surface area (Å²) in [4.78, 5) is 23.1. The molecule has 0 radical (unpaired) electrons. The molecule has 0 atom stereocenters. The Labute approximate surface area is 128 Å². The van der Waals surface area contributed by atoms with Crippen LogP contribution in [0.2, 0.25) is 0 Å². The molecule has 0 aromatic heterocycles. The van der Waals surface area contributed by atoms with Gasteiger partial charge >= 0.3 is 12.0 Å². The van der Waals surface area contributed by atoms with E-state index in [0.29, 0.717) is 18.2 Å². The lowest BCUT2D eigenvalue weighted by molar-refractivity contribution is 0.0698. The molecule has 1 heterocycles. The van der Waals surface area contributed by atoms with Crippen LogP contribution in [0.25, 0.3) is 0 Å². The second-order valence-electron chi connectivity index (χ2n) is 5.24. The van der Waals surface area contributed by atoms with Gasteiger partial charge in [-0.05, 0) is 49.3 Å². The maximum Gasteiger partial charge on any atom is 0.337 e. The van der Waals surface area contributed by atoms with E-state index in [2.05, 4.69) is 10.6 Å². The average Bonchev–Trinajstić information content (AvgIpc) is 2.48. The molecule has 2 rings (SSSR count). The summed E-state index contributed by atoms with van der Waals surface area (Å²) in [5.74, 6) is 1.77. The third kappa shape index (κ3) is 4.67. The third-order valence-corrected chi connectivity index (χ3v) is 4.59. The number of carbonyl (C=O) groups excluding carboxylic acids is 1. The van der Waals surface area contributed by atoms with Gasteiger partial charge < -0.3 is 15.7 Å². The second kappa shape index (κ2) is 7.36. The first-order valence-corrected chi connectivity index (χ1v) is 8.18. The first-order chi connectivity index (χ1) is 10.1. The van der Waals surface area contributed by atoms with Gasteiger partial charge in [0.05, 0.1) is 11.3 Å². The summed E-state index contributed by atoms with van der Waals surface area (Å²) in [6, 6.07) is 4.60. The van der Waals surface area contributed by atoms with Gasteiger partial charge in [-0.1, -0.05) is 11.6 Å². The second-order valence-corrected chi connectivity index (χ2v) is 6.47. The lowest BCUT2D eigenvalue weighted by atomic mass is 10.0. The number of urea groups is 1. The van der Waals surface area contributed by atoms with Crippen LogP contribution in [0.1, 0.15) is 28.8 Å². The summed E-state index contributed by atoms with van der Waals surface area (Å²) in [6.07, 6.45) is 2.24. The van der Waals surface area contributed by atoms with Gasteiger partial charge in [0.15, 0.2) is 0 Å². The van der Waals surface area contributed by atoms with Crippen LogP contribution in [0, 0.1) is 12.8 Å².